The van der Waals surface area contributed by atoms with Gasteiger partial charge in [0.2, 0.25) is 0 Å². The molecule has 4 nitrogen and oxygen atoms in total. The second-order valence-corrected chi connectivity index (χ2v) is 6.39. The predicted molar refractivity (Wildman–Crippen MR) is 74.2 cm³/mol. The second kappa shape index (κ2) is 5.11. The zero-order chi connectivity index (χ0) is 14.8. The maximum atomic E-state index is 11.2. The molecule has 19 heavy (non-hydrogen) atoms. The Bertz CT molecular complexity index is 464. The SMILES string of the molecule is CC(C)(C)Oc1ccc(C(=O)O)c(OC(C)(C)C)c1. The third kappa shape index (κ3) is 5.20. The van der Waals surface area contributed by atoms with Gasteiger partial charge in [-0.25, -0.2) is 4.79 Å². The topological polar surface area (TPSA) is 55.8 Å². The van der Waals surface area contributed by atoms with Crippen LogP contribution in [0.1, 0.15) is 51.9 Å². The normalized spacial score (nSPS) is 12.1. The van der Waals surface area contributed by atoms with E-state index in [1.54, 1.807) is 12.1 Å². The molecule has 0 bridgehead atoms. The molecule has 0 saturated heterocycles. The maximum Gasteiger partial charge on any atom is 0.339 e. The van der Waals surface area contributed by atoms with Gasteiger partial charge in [-0.3, -0.25) is 0 Å². The first-order valence-electron chi connectivity index (χ1n) is 6.23. The van der Waals surface area contributed by atoms with Crippen LogP contribution in [0.25, 0.3) is 0 Å². The Morgan fingerprint density at radius 3 is 1.95 bits per heavy atom. The lowest BCUT2D eigenvalue weighted by Crippen LogP contribution is -2.25. The van der Waals surface area contributed by atoms with E-state index in [1.165, 1.54) is 6.07 Å². The highest BCUT2D eigenvalue weighted by molar-refractivity contribution is 5.91. The maximum absolute atomic E-state index is 11.2. The largest absolute Gasteiger partial charge is 0.488 e. The summed E-state index contributed by atoms with van der Waals surface area (Å²) in [6, 6.07) is 4.77. The van der Waals surface area contributed by atoms with Gasteiger partial charge in [0.1, 0.15) is 28.3 Å². The van der Waals surface area contributed by atoms with E-state index in [4.69, 9.17) is 14.6 Å². The van der Waals surface area contributed by atoms with Crippen LogP contribution in [0.15, 0.2) is 18.2 Å². The van der Waals surface area contributed by atoms with Crippen LogP contribution in [0, 0.1) is 0 Å². The first-order valence-corrected chi connectivity index (χ1v) is 6.23. The van der Waals surface area contributed by atoms with Crippen LogP contribution in [0.5, 0.6) is 11.5 Å². The van der Waals surface area contributed by atoms with E-state index in [2.05, 4.69) is 0 Å². The lowest BCUT2D eigenvalue weighted by Gasteiger charge is -2.25. The Morgan fingerprint density at radius 2 is 1.53 bits per heavy atom. The second-order valence-electron chi connectivity index (χ2n) is 6.39. The highest BCUT2D eigenvalue weighted by Crippen LogP contribution is 2.30. The summed E-state index contributed by atoms with van der Waals surface area (Å²) in [5, 5.41) is 9.17. The Labute approximate surface area is 114 Å². The van der Waals surface area contributed by atoms with E-state index in [9.17, 15) is 4.79 Å². The van der Waals surface area contributed by atoms with Crippen LogP contribution in [0.3, 0.4) is 0 Å². The van der Waals surface area contributed by atoms with E-state index < -0.39 is 11.6 Å². The van der Waals surface area contributed by atoms with Crippen molar-refractivity contribution in [1.82, 2.24) is 0 Å². The lowest BCUT2D eigenvalue weighted by atomic mass is 10.1. The summed E-state index contributed by atoms with van der Waals surface area (Å²) < 4.78 is 11.4. The van der Waals surface area contributed by atoms with Crippen LogP contribution in [0.4, 0.5) is 0 Å². The highest BCUT2D eigenvalue weighted by atomic mass is 16.5. The number of carboxylic acid groups (broad SMARTS) is 1. The van der Waals surface area contributed by atoms with Crippen LogP contribution >= 0.6 is 0 Å². The zero-order valence-corrected chi connectivity index (χ0v) is 12.4. The van der Waals surface area contributed by atoms with Crippen molar-refractivity contribution in [3.8, 4) is 11.5 Å². The van der Waals surface area contributed by atoms with E-state index in [1.807, 2.05) is 41.5 Å². The molecule has 0 radical (unpaired) electrons. The standard InChI is InChI=1S/C15H22O4/c1-14(2,3)18-10-7-8-11(13(16)17)12(9-10)19-15(4,5)6/h7-9H,1-6H3,(H,16,17). The van der Waals surface area contributed by atoms with Crippen molar-refractivity contribution in [2.45, 2.75) is 52.7 Å². The van der Waals surface area contributed by atoms with E-state index in [0.29, 0.717) is 11.5 Å². The molecule has 0 aliphatic rings. The highest BCUT2D eigenvalue weighted by Gasteiger charge is 2.20. The summed E-state index contributed by atoms with van der Waals surface area (Å²) in [6.45, 7) is 11.4. The molecule has 0 aliphatic heterocycles. The molecular weight excluding hydrogens is 244 g/mol. The van der Waals surface area contributed by atoms with Crippen molar-refractivity contribution >= 4 is 5.97 Å². The van der Waals surface area contributed by atoms with Gasteiger partial charge in [-0.15, -0.1) is 0 Å². The lowest BCUT2D eigenvalue weighted by molar-refractivity contribution is 0.0680. The fraction of sp³-hybridized carbons (Fsp3) is 0.533. The third-order valence-corrected chi connectivity index (χ3v) is 2.02. The molecule has 0 atom stereocenters. The molecular formula is C15H22O4. The summed E-state index contributed by atoms with van der Waals surface area (Å²) in [5.74, 6) is -0.0972. The molecule has 1 aromatic carbocycles. The van der Waals surface area contributed by atoms with Crippen LogP contribution in [-0.4, -0.2) is 22.3 Å². The molecule has 1 N–H and O–H groups in total. The van der Waals surface area contributed by atoms with E-state index in [-0.39, 0.29) is 11.2 Å². The molecule has 0 unspecified atom stereocenters. The molecule has 0 fully saturated rings. The Balaban J connectivity index is 3.15. The van der Waals surface area contributed by atoms with Crippen molar-refractivity contribution in [1.29, 1.82) is 0 Å². The number of aromatic carboxylic acids is 1. The first kappa shape index (κ1) is 15.3. The summed E-state index contributed by atoms with van der Waals surface area (Å²) in [6.07, 6.45) is 0. The van der Waals surface area contributed by atoms with Crippen LogP contribution in [0.2, 0.25) is 0 Å². The van der Waals surface area contributed by atoms with Gasteiger partial charge in [-0.1, -0.05) is 0 Å². The van der Waals surface area contributed by atoms with Crippen LogP contribution in [-0.2, 0) is 0 Å². The van der Waals surface area contributed by atoms with Gasteiger partial charge in [-0.2, -0.15) is 0 Å². The quantitative estimate of drug-likeness (QED) is 0.905. The predicted octanol–water partition coefficient (Wildman–Crippen LogP) is 3.74. The monoisotopic (exact) mass is 266 g/mol. The Morgan fingerprint density at radius 1 is 1.00 bits per heavy atom. The van der Waals surface area contributed by atoms with Crippen molar-refractivity contribution in [3.63, 3.8) is 0 Å². The number of carboxylic acids is 1. The zero-order valence-electron chi connectivity index (χ0n) is 12.4. The summed E-state index contributed by atoms with van der Waals surface area (Å²) in [4.78, 5) is 11.2. The molecule has 0 aromatic heterocycles. The molecule has 106 valence electrons. The third-order valence-electron chi connectivity index (χ3n) is 2.02. The minimum absolute atomic E-state index is 0.135. The molecule has 0 heterocycles. The van der Waals surface area contributed by atoms with Gasteiger partial charge >= 0.3 is 5.97 Å². The number of hydrogen-bond acceptors (Lipinski definition) is 3. The minimum atomic E-state index is -1.01. The number of hydrogen-bond donors (Lipinski definition) is 1. The summed E-state index contributed by atoms with van der Waals surface area (Å²) >= 11 is 0. The van der Waals surface area contributed by atoms with Gasteiger partial charge in [-0.05, 0) is 53.7 Å². The molecule has 1 rings (SSSR count). The fourth-order valence-electron chi connectivity index (χ4n) is 1.51. The summed E-state index contributed by atoms with van der Waals surface area (Å²) in [5.41, 5.74) is -0.676. The van der Waals surface area contributed by atoms with Crippen LogP contribution < -0.4 is 9.47 Å². The number of rotatable bonds is 3. The van der Waals surface area contributed by atoms with Crippen molar-refractivity contribution in [3.05, 3.63) is 23.8 Å². The number of carbonyl (C=O) groups is 1. The van der Waals surface area contributed by atoms with E-state index >= 15 is 0 Å². The summed E-state index contributed by atoms with van der Waals surface area (Å²) in [7, 11) is 0. The Hall–Kier alpha value is -1.71. The molecule has 1 aromatic rings. The smallest absolute Gasteiger partial charge is 0.339 e. The number of benzene rings is 1. The van der Waals surface area contributed by atoms with E-state index in [0.717, 1.165) is 0 Å². The molecule has 0 aliphatic carbocycles. The van der Waals surface area contributed by atoms with Gasteiger partial charge in [0, 0.05) is 6.07 Å². The average Bonchev–Trinajstić information content (AvgIpc) is 2.11. The average molecular weight is 266 g/mol. The minimum Gasteiger partial charge on any atom is -0.488 e. The van der Waals surface area contributed by atoms with Gasteiger partial charge in [0.15, 0.2) is 0 Å². The van der Waals surface area contributed by atoms with Crippen molar-refractivity contribution < 1.29 is 19.4 Å². The van der Waals surface area contributed by atoms with Gasteiger partial charge < -0.3 is 14.6 Å². The van der Waals surface area contributed by atoms with Gasteiger partial charge in [0.05, 0.1) is 0 Å². The molecule has 0 spiro atoms. The molecule has 0 saturated carbocycles. The van der Waals surface area contributed by atoms with Crippen molar-refractivity contribution in [2.75, 3.05) is 0 Å². The molecule has 4 heteroatoms. The molecule has 0 amide bonds. The fourth-order valence-corrected chi connectivity index (χ4v) is 1.51. The van der Waals surface area contributed by atoms with Crippen molar-refractivity contribution in [2.24, 2.45) is 0 Å². The van der Waals surface area contributed by atoms with Gasteiger partial charge in [0.25, 0.3) is 0 Å². The Kier molecular flexibility index (Phi) is 4.13. The number of ether oxygens (including phenoxy) is 2. The first-order chi connectivity index (χ1) is 8.48.